The number of nitrogens with one attached hydrogen (secondary N) is 1. The van der Waals surface area contributed by atoms with Crippen molar-refractivity contribution in [3.8, 4) is 5.75 Å². The topological polar surface area (TPSA) is 78.5 Å². The summed E-state index contributed by atoms with van der Waals surface area (Å²) in [7, 11) is 1.58. The number of rotatable bonds is 5. The van der Waals surface area contributed by atoms with Crippen molar-refractivity contribution in [3.63, 3.8) is 0 Å². The van der Waals surface area contributed by atoms with Gasteiger partial charge in [-0.05, 0) is 32.0 Å². The number of nitrogens with zero attached hydrogens (tertiary/aromatic N) is 3. The summed E-state index contributed by atoms with van der Waals surface area (Å²) in [6.07, 6.45) is 0.656. The van der Waals surface area contributed by atoms with Crippen molar-refractivity contribution in [2.75, 3.05) is 26.7 Å². The second-order valence-corrected chi connectivity index (χ2v) is 6.22. The molecule has 7 heteroatoms. The summed E-state index contributed by atoms with van der Waals surface area (Å²) in [6, 6.07) is 7.11. The molecule has 1 aliphatic rings. The van der Waals surface area contributed by atoms with Gasteiger partial charge in [0.25, 0.3) is 11.8 Å². The third-order valence-electron chi connectivity index (χ3n) is 4.79. The molecule has 1 aromatic heterocycles. The standard InChI is InChI=1S/C19H24N4O3/c1-4-22(5-2)19(25)17-15-12-23(10-9-16(15)20-21-17)18(24)13-7-6-8-14(11-13)26-3/h6-8,11H,4-5,9-10,12H2,1-3H3,(H,20,21). The van der Waals surface area contributed by atoms with Crippen LogP contribution in [0.25, 0.3) is 0 Å². The van der Waals surface area contributed by atoms with E-state index in [0.717, 1.165) is 11.3 Å². The molecule has 0 atom stereocenters. The lowest BCUT2D eigenvalue weighted by molar-refractivity contribution is 0.0718. The minimum atomic E-state index is -0.0943. The number of fused-ring (bicyclic) bond motifs is 1. The van der Waals surface area contributed by atoms with Crippen molar-refractivity contribution < 1.29 is 14.3 Å². The van der Waals surface area contributed by atoms with Gasteiger partial charge in [0.2, 0.25) is 0 Å². The fourth-order valence-electron chi connectivity index (χ4n) is 3.24. The Morgan fingerprint density at radius 2 is 2.08 bits per heavy atom. The molecule has 7 nitrogen and oxygen atoms in total. The SMILES string of the molecule is CCN(CC)C(=O)c1n[nH]c2c1CN(C(=O)c1cccc(OC)c1)CC2. The first kappa shape index (κ1) is 18.0. The Hall–Kier alpha value is -2.83. The van der Waals surface area contributed by atoms with E-state index >= 15 is 0 Å². The number of aromatic amines is 1. The number of carbonyl (C=O) groups is 2. The van der Waals surface area contributed by atoms with E-state index < -0.39 is 0 Å². The summed E-state index contributed by atoms with van der Waals surface area (Å²) in [4.78, 5) is 29.1. The summed E-state index contributed by atoms with van der Waals surface area (Å²) >= 11 is 0. The van der Waals surface area contributed by atoms with E-state index in [4.69, 9.17) is 4.74 Å². The maximum absolute atomic E-state index is 12.9. The number of carbonyl (C=O) groups excluding carboxylic acids is 2. The number of aromatic nitrogens is 2. The van der Waals surface area contributed by atoms with Crippen molar-refractivity contribution in [2.24, 2.45) is 0 Å². The van der Waals surface area contributed by atoms with Crippen LogP contribution in [0.1, 0.15) is 46.0 Å². The fraction of sp³-hybridized carbons (Fsp3) is 0.421. The smallest absolute Gasteiger partial charge is 0.274 e. The fourth-order valence-corrected chi connectivity index (χ4v) is 3.24. The molecule has 0 spiro atoms. The number of amides is 2. The lowest BCUT2D eigenvalue weighted by atomic mass is 10.0. The van der Waals surface area contributed by atoms with Gasteiger partial charge in [-0.2, -0.15) is 5.10 Å². The molecule has 0 saturated heterocycles. The number of H-pyrrole nitrogens is 1. The van der Waals surface area contributed by atoms with Crippen LogP contribution in [0.3, 0.4) is 0 Å². The molecular weight excluding hydrogens is 332 g/mol. The van der Waals surface area contributed by atoms with Crippen LogP contribution in [-0.4, -0.2) is 58.6 Å². The molecule has 26 heavy (non-hydrogen) atoms. The van der Waals surface area contributed by atoms with E-state index in [1.54, 1.807) is 35.1 Å². The normalized spacial score (nSPS) is 13.3. The molecule has 2 amide bonds. The lowest BCUT2D eigenvalue weighted by Gasteiger charge is -2.28. The zero-order valence-corrected chi connectivity index (χ0v) is 15.4. The molecule has 138 valence electrons. The van der Waals surface area contributed by atoms with Gasteiger partial charge in [0.1, 0.15) is 5.75 Å². The van der Waals surface area contributed by atoms with Crippen LogP contribution in [0.2, 0.25) is 0 Å². The van der Waals surface area contributed by atoms with Gasteiger partial charge >= 0.3 is 0 Å². The van der Waals surface area contributed by atoms with Gasteiger partial charge in [0, 0.05) is 42.9 Å². The minimum absolute atomic E-state index is 0.0722. The molecule has 0 unspecified atom stereocenters. The highest BCUT2D eigenvalue weighted by atomic mass is 16.5. The summed E-state index contributed by atoms with van der Waals surface area (Å²) < 4.78 is 5.20. The molecule has 1 N–H and O–H groups in total. The molecule has 1 aliphatic heterocycles. The van der Waals surface area contributed by atoms with Gasteiger partial charge in [-0.1, -0.05) is 6.07 Å². The van der Waals surface area contributed by atoms with E-state index in [1.165, 1.54) is 0 Å². The predicted octanol–water partition coefficient (Wildman–Crippen LogP) is 2.10. The second-order valence-electron chi connectivity index (χ2n) is 6.22. The maximum atomic E-state index is 12.9. The van der Waals surface area contributed by atoms with Crippen molar-refractivity contribution in [2.45, 2.75) is 26.8 Å². The predicted molar refractivity (Wildman–Crippen MR) is 97.3 cm³/mol. The number of benzene rings is 1. The van der Waals surface area contributed by atoms with E-state index in [2.05, 4.69) is 10.2 Å². The second kappa shape index (κ2) is 7.59. The van der Waals surface area contributed by atoms with Gasteiger partial charge in [0.05, 0.1) is 13.7 Å². The third-order valence-corrected chi connectivity index (χ3v) is 4.79. The first-order valence-electron chi connectivity index (χ1n) is 8.87. The first-order valence-corrected chi connectivity index (χ1v) is 8.87. The monoisotopic (exact) mass is 356 g/mol. The average molecular weight is 356 g/mol. The summed E-state index contributed by atoms with van der Waals surface area (Å²) in [5.41, 5.74) is 2.76. The largest absolute Gasteiger partial charge is 0.497 e. The molecule has 0 radical (unpaired) electrons. The van der Waals surface area contributed by atoms with Gasteiger partial charge < -0.3 is 14.5 Å². The maximum Gasteiger partial charge on any atom is 0.274 e. The van der Waals surface area contributed by atoms with Crippen LogP contribution in [0.4, 0.5) is 0 Å². The van der Waals surface area contributed by atoms with Crippen LogP contribution in [0, 0.1) is 0 Å². The van der Waals surface area contributed by atoms with Gasteiger partial charge in [-0.3, -0.25) is 14.7 Å². The Balaban J connectivity index is 1.83. The summed E-state index contributed by atoms with van der Waals surface area (Å²) in [5, 5.41) is 7.21. The Kier molecular flexibility index (Phi) is 5.25. The zero-order valence-electron chi connectivity index (χ0n) is 15.4. The van der Waals surface area contributed by atoms with Crippen molar-refractivity contribution in [3.05, 3.63) is 46.8 Å². The number of hydrogen-bond donors (Lipinski definition) is 1. The highest BCUT2D eigenvalue weighted by Gasteiger charge is 2.29. The number of methoxy groups -OCH3 is 1. The number of ether oxygens (including phenoxy) is 1. The Labute approximate surface area is 152 Å². The van der Waals surface area contributed by atoms with Gasteiger partial charge in [-0.25, -0.2) is 0 Å². The molecule has 0 aliphatic carbocycles. The molecule has 0 bridgehead atoms. The Bertz CT molecular complexity index is 811. The highest BCUT2D eigenvalue weighted by Crippen LogP contribution is 2.24. The van der Waals surface area contributed by atoms with E-state index in [-0.39, 0.29) is 11.8 Å². The average Bonchev–Trinajstić information content (AvgIpc) is 3.11. The van der Waals surface area contributed by atoms with Crippen LogP contribution < -0.4 is 4.74 Å². The minimum Gasteiger partial charge on any atom is -0.497 e. The van der Waals surface area contributed by atoms with Crippen molar-refractivity contribution in [1.82, 2.24) is 20.0 Å². The van der Waals surface area contributed by atoms with E-state index in [1.807, 2.05) is 19.9 Å². The van der Waals surface area contributed by atoms with Crippen LogP contribution in [0.5, 0.6) is 5.75 Å². The lowest BCUT2D eigenvalue weighted by Crippen LogP contribution is -2.37. The molecule has 2 aromatic rings. The number of hydrogen-bond acceptors (Lipinski definition) is 4. The van der Waals surface area contributed by atoms with Crippen LogP contribution in [-0.2, 0) is 13.0 Å². The van der Waals surface area contributed by atoms with Gasteiger partial charge in [-0.15, -0.1) is 0 Å². The molecular formula is C19H24N4O3. The van der Waals surface area contributed by atoms with Crippen LogP contribution >= 0.6 is 0 Å². The zero-order chi connectivity index (χ0) is 18.7. The molecule has 0 saturated carbocycles. The molecule has 0 fully saturated rings. The Morgan fingerprint density at radius 1 is 1.31 bits per heavy atom. The van der Waals surface area contributed by atoms with Gasteiger partial charge in [0.15, 0.2) is 5.69 Å². The Morgan fingerprint density at radius 3 is 2.77 bits per heavy atom. The molecule has 1 aromatic carbocycles. The van der Waals surface area contributed by atoms with Crippen LogP contribution in [0.15, 0.2) is 24.3 Å². The molecule has 3 rings (SSSR count). The summed E-state index contributed by atoms with van der Waals surface area (Å²) in [5.74, 6) is 0.481. The van der Waals surface area contributed by atoms with Crippen molar-refractivity contribution >= 4 is 11.8 Å². The highest BCUT2D eigenvalue weighted by molar-refractivity contribution is 5.96. The summed E-state index contributed by atoms with van der Waals surface area (Å²) in [6.45, 7) is 6.11. The van der Waals surface area contributed by atoms with E-state index in [9.17, 15) is 9.59 Å². The first-order chi connectivity index (χ1) is 12.6. The van der Waals surface area contributed by atoms with E-state index in [0.29, 0.717) is 49.6 Å². The van der Waals surface area contributed by atoms with Crippen molar-refractivity contribution in [1.29, 1.82) is 0 Å². The quantitative estimate of drug-likeness (QED) is 0.890. The third kappa shape index (κ3) is 3.29. The molecule has 2 heterocycles.